The summed E-state index contributed by atoms with van der Waals surface area (Å²) in [6.45, 7) is 1.04. The summed E-state index contributed by atoms with van der Waals surface area (Å²) in [6, 6.07) is 17.8. The van der Waals surface area contributed by atoms with Gasteiger partial charge in [0.2, 0.25) is 5.91 Å². The van der Waals surface area contributed by atoms with Gasteiger partial charge in [-0.25, -0.2) is 0 Å². The topological polar surface area (TPSA) is 51.2 Å². The van der Waals surface area contributed by atoms with E-state index in [0.29, 0.717) is 19.6 Å². The molecule has 0 spiro atoms. The molecule has 0 fully saturated rings. The van der Waals surface area contributed by atoms with E-state index >= 15 is 0 Å². The first-order valence-electron chi connectivity index (χ1n) is 7.93. The molecular weight excluding hydrogens is 300 g/mol. The lowest BCUT2D eigenvalue weighted by molar-refractivity contribution is -0.120. The van der Waals surface area contributed by atoms with Crippen LogP contribution in [0.15, 0.2) is 60.8 Å². The van der Waals surface area contributed by atoms with E-state index in [0.717, 1.165) is 27.6 Å². The highest BCUT2D eigenvalue weighted by atomic mass is 16.5. The van der Waals surface area contributed by atoms with Crippen LogP contribution in [0.4, 0.5) is 0 Å². The maximum Gasteiger partial charge on any atom is 0.224 e. The van der Waals surface area contributed by atoms with Crippen LogP contribution in [-0.2, 0) is 29.1 Å². The number of hydrogen-bond acceptors (Lipinski definition) is 3. The number of aromatic nitrogens is 1. The van der Waals surface area contributed by atoms with Crippen molar-refractivity contribution in [1.82, 2.24) is 10.3 Å². The zero-order chi connectivity index (χ0) is 16.8. The minimum Gasteiger partial charge on any atom is -0.380 e. The first kappa shape index (κ1) is 16.1. The monoisotopic (exact) mass is 320 g/mol. The van der Waals surface area contributed by atoms with Crippen molar-refractivity contribution < 1.29 is 9.53 Å². The average Bonchev–Trinajstić information content (AvgIpc) is 2.62. The van der Waals surface area contributed by atoms with E-state index in [1.54, 1.807) is 13.3 Å². The SMILES string of the molecule is COCc1ccccc1CNC(=O)Cc1cccc2cccnc12. The zero-order valence-electron chi connectivity index (χ0n) is 13.7. The van der Waals surface area contributed by atoms with E-state index in [9.17, 15) is 4.79 Å². The van der Waals surface area contributed by atoms with Crippen LogP contribution in [0.3, 0.4) is 0 Å². The number of carbonyl (C=O) groups excluding carboxylic acids is 1. The molecule has 0 aliphatic heterocycles. The number of rotatable bonds is 6. The molecule has 1 amide bonds. The van der Waals surface area contributed by atoms with Crippen molar-refractivity contribution in [1.29, 1.82) is 0 Å². The summed E-state index contributed by atoms with van der Waals surface area (Å²) in [4.78, 5) is 16.7. The number of fused-ring (bicyclic) bond motifs is 1. The molecule has 24 heavy (non-hydrogen) atoms. The highest BCUT2D eigenvalue weighted by Gasteiger charge is 2.09. The molecule has 0 saturated carbocycles. The van der Waals surface area contributed by atoms with E-state index < -0.39 is 0 Å². The van der Waals surface area contributed by atoms with Gasteiger partial charge in [0.15, 0.2) is 0 Å². The molecule has 0 aliphatic rings. The average molecular weight is 320 g/mol. The molecule has 0 atom stereocenters. The second-order valence-electron chi connectivity index (χ2n) is 5.65. The Kier molecular flexibility index (Phi) is 5.18. The lowest BCUT2D eigenvalue weighted by atomic mass is 10.1. The Morgan fingerprint density at radius 3 is 2.58 bits per heavy atom. The second-order valence-corrected chi connectivity index (χ2v) is 5.65. The molecule has 1 heterocycles. The lowest BCUT2D eigenvalue weighted by Crippen LogP contribution is -2.25. The maximum atomic E-state index is 12.3. The number of ether oxygens (including phenoxy) is 1. The third kappa shape index (κ3) is 3.78. The predicted molar refractivity (Wildman–Crippen MR) is 94.4 cm³/mol. The van der Waals surface area contributed by atoms with Crippen LogP contribution in [0.2, 0.25) is 0 Å². The van der Waals surface area contributed by atoms with Crippen molar-refractivity contribution in [3.05, 3.63) is 77.5 Å². The van der Waals surface area contributed by atoms with Crippen molar-refractivity contribution in [3.8, 4) is 0 Å². The third-order valence-electron chi connectivity index (χ3n) is 3.96. The normalized spacial score (nSPS) is 10.7. The molecule has 4 heteroatoms. The van der Waals surface area contributed by atoms with E-state index in [-0.39, 0.29) is 5.91 Å². The van der Waals surface area contributed by atoms with Gasteiger partial charge in [0, 0.05) is 25.2 Å². The Hall–Kier alpha value is -2.72. The standard InChI is InChI=1S/C20H20N2O2/c1-24-14-18-7-3-2-6-17(18)13-22-19(23)12-16-9-4-8-15-10-5-11-21-20(15)16/h2-11H,12-14H2,1H3,(H,22,23). The van der Waals surface area contributed by atoms with Crippen molar-refractivity contribution in [2.24, 2.45) is 0 Å². The second kappa shape index (κ2) is 7.70. The fourth-order valence-corrected chi connectivity index (χ4v) is 2.77. The molecule has 0 bridgehead atoms. The van der Waals surface area contributed by atoms with Crippen LogP contribution in [0.1, 0.15) is 16.7 Å². The molecule has 4 nitrogen and oxygen atoms in total. The largest absolute Gasteiger partial charge is 0.380 e. The Bertz CT molecular complexity index is 840. The summed E-state index contributed by atoms with van der Waals surface area (Å²) in [5.41, 5.74) is 3.99. The van der Waals surface area contributed by atoms with E-state index in [1.807, 2.05) is 54.6 Å². The fraction of sp³-hybridized carbons (Fsp3) is 0.200. The van der Waals surface area contributed by atoms with Crippen LogP contribution >= 0.6 is 0 Å². The molecule has 0 radical (unpaired) electrons. The minimum absolute atomic E-state index is 0.0135. The summed E-state index contributed by atoms with van der Waals surface area (Å²) >= 11 is 0. The highest BCUT2D eigenvalue weighted by molar-refractivity contribution is 5.87. The Morgan fingerprint density at radius 2 is 1.75 bits per heavy atom. The number of hydrogen-bond donors (Lipinski definition) is 1. The van der Waals surface area contributed by atoms with Crippen LogP contribution in [-0.4, -0.2) is 18.0 Å². The number of pyridine rings is 1. The first-order valence-corrected chi connectivity index (χ1v) is 7.93. The van der Waals surface area contributed by atoms with Gasteiger partial charge in [0.1, 0.15) is 0 Å². The van der Waals surface area contributed by atoms with E-state index in [1.165, 1.54) is 0 Å². The zero-order valence-corrected chi connectivity index (χ0v) is 13.7. The summed E-state index contributed by atoms with van der Waals surface area (Å²) < 4.78 is 5.20. The molecule has 0 unspecified atom stereocenters. The van der Waals surface area contributed by atoms with Crippen LogP contribution < -0.4 is 5.32 Å². The number of methoxy groups -OCH3 is 1. The fourth-order valence-electron chi connectivity index (χ4n) is 2.77. The van der Waals surface area contributed by atoms with Crippen molar-refractivity contribution in [3.63, 3.8) is 0 Å². The molecular formula is C20H20N2O2. The quantitative estimate of drug-likeness (QED) is 0.758. The molecule has 2 aromatic carbocycles. The molecule has 1 aromatic heterocycles. The molecule has 0 aliphatic carbocycles. The molecule has 0 saturated heterocycles. The lowest BCUT2D eigenvalue weighted by Gasteiger charge is -2.11. The third-order valence-corrected chi connectivity index (χ3v) is 3.96. The number of nitrogens with one attached hydrogen (secondary N) is 1. The van der Waals surface area contributed by atoms with Crippen LogP contribution in [0.5, 0.6) is 0 Å². The van der Waals surface area contributed by atoms with E-state index in [2.05, 4.69) is 10.3 Å². The Balaban J connectivity index is 1.68. The van der Waals surface area contributed by atoms with Crippen LogP contribution in [0, 0.1) is 0 Å². The minimum atomic E-state index is -0.0135. The Labute approximate surface area is 141 Å². The van der Waals surface area contributed by atoms with Gasteiger partial charge in [0.05, 0.1) is 18.5 Å². The summed E-state index contributed by atoms with van der Waals surface area (Å²) in [7, 11) is 1.67. The number of amides is 1. The first-order chi connectivity index (χ1) is 11.8. The number of benzene rings is 2. The predicted octanol–water partition coefficient (Wildman–Crippen LogP) is 3.24. The summed E-state index contributed by atoms with van der Waals surface area (Å²) in [5.74, 6) is -0.0135. The van der Waals surface area contributed by atoms with Gasteiger partial charge < -0.3 is 10.1 Å². The summed E-state index contributed by atoms with van der Waals surface area (Å²) in [6.07, 6.45) is 2.07. The van der Waals surface area contributed by atoms with Gasteiger partial charge in [-0.1, -0.05) is 48.5 Å². The van der Waals surface area contributed by atoms with Gasteiger partial charge in [-0.3, -0.25) is 9.78 Å². The van der Waals surface area contributed by atoms with E-state index in [4.69, 9.17) is 4.74 Å². The highest BCUT2D eigenvalue weighted by Crippen LogP contribution is 2.16. The molecule has 122 valence electrons. The van der Waals surface area contributed by atoms with Gasteiger partial charge in [0.25, 0.3) is 0 Å². The van der Waals surface area contributed by atoms with Crippen molar-refractivity contribution in [2.75, 3.05) is 7.11 Å². The van der Waals surface area contributed by atoms with Crippen molar-refractivity contribution in [2.45, 2.75) is 19.6 Å². The molecule has 3 rings (SSSR count). The van der Waals surface area contributed by atoms with Gasteiger partial charge in [-0.15, -0.1) is 0 Å². The van der Waals surface area contributed by atoms with Gasteiger partial charge >= 0.3 is 0 Å². The van der Waals surface area contributed by atoms with Crippen molar-refractivity contribution >= 4 is 16.8 Å². The summed E-state index contributed by atoms with van der Waals surface area (Å²) in [5, 5.41) is 4.04. The van der Waals surface area contributed by atoms with Crippen LogP contribution in [0.25, 0.3) is 10.9 Å². The Morgan fingerprint density at radius 1 is 1.00 bits per heavy atom. The number of nitrogens with zero attached hydrogens (tertiary/aromatic N) is 1. The molecule has 3 aromatic rings. The number of carbonyl (C=O) groups is 1. The van der Waals surface area contributed by atoms with Gasteiger partial charge in [-0.05, 0) is 22.8 Å². The molecule has 1 N–H and O–H groups in total. The number of para-hydroxylation sites is 1. The van der Waals surface area contributed by atoms with Gasteiger partial charge in [-0.2, -0.15) is 0 Å². The maximum absolute atomic E-state index is 12.3. The smallest absolute Gasteiger partial charge is 0.224 e.